The SMILES string of the molecule is O=C(NC1CCN(C2CC2)CC1)c1nc2c(C(=O)O)cccc2[nH]1. The predicted molar refractivity (Wildman–Crippen MR) is 88.1 cm³/mol. The number of imidazole rings is 1. The number of fused-ring (bicyclic) bond motifs is 1. The van der Waals surface area contributed by atoms with E-state index in [9.17, 15) is 14.7 Å². The summed E-state index contributed by atoms with van der Waals surface area (Å²) in [5.41, 5.74) is 0.975. The molecule has 1 saturated heterocycles. The number of carbonyl (C=O) groups excluding carboxylic acids is 1. The molecule has 7 heteroatoms. The van der Waals surface area contributed by atoms with Gasteiger partial charge in [-0.3, -0.25) is 4.79 Å². The van der Waals surface area contributed by atoms with E-state index in [0.717, 1.165) is 32.0 Å². The number of rotatable bonds is 4. The molecule has 24 heavy (non-hydrogen) atoms. The van der Waals surface area contributed by atoms with Crippen LogP contribution in [0.2, 0.25) is 0 Å². The number of carbonyl (C=O) groups is 2. The Balaban J connectivity index is 1.45. The van der Waals surface area contributed by atoms with Gasteiger partial charge in [0.15, 0.2) is 5.82 Å². The van der Waals surface area contributed by atoms with Gasteiger partial charge in [-0.1, -0.05) is 6.07 Å². The molecule has 2 fully saturated rings. The average Bonchev–Trinajstić information content (AvgIpc) is 3.33. The Kier molecular flexibility index (Phi) is 3.72. The number of aromatic carboxylic acids is 1. The van der Waals surface area contributed by atoms with Gasteiger partial charge in [0.25, 0.3) is 5.91 Å². The van der Waals surface area contributed by atoms with Gasteiger partial charge in [-0.15, -0.1) is 0 Å². The van der Waals surface area contributed by atoms with Crippen molar-refractivity contribution in [2.45, 2.75) is 37.8 Å². The Morgan fingerprint density at radius 2 is 1.96 bits per heavy atom. The van der Waals surface area contributed by atoms with Crippen molar-refractivity contribution in [1.29, 1.82) is 0 Å². The molecular weight excluding hydrogens is 308 g/mol. The number of piperidine rings is 1. The van der Waals surface area contributed by atoms with Gasteiger partial charge >= 0.3 is 5.97 Å². The first-order valence-electron chi connectivity index (χ1n) is 8.39. The fraction of sp³-hybridized carbons (Fsp3) is 0.471. The molecule has 1 aromatic carbocycles. The first-order chi connectivity index (χ1) is 11.6. The number of benzene rings is 1. The molecule has 0 atom stereocenters. The van der Waals surface area contributed by atoms with E-state index in [0.29, 0.717) is 11.0 Å². The molecule has 0 radical (unpaired) electrons. The van der Waals surface area contributed by atoms with Gasteiger partial charge < -0.3 is 20.3 Å². The summed E-state index contributed by atoms with van der Waals surface area (Å²) in [5.74, 6) is -1.15. The van der Waals surface area contributed by atoms with Gasteiger partial charge in [0, 0.05) is 25.2 Å². The maximum atomic E-state index is 12.4. The number of nitrogens with zero attached hydrogens (tertiary/aromatic N) is 2. The molecule has 2 heterocycles. The van der Waals surface area contributed by atoms with Crippen LogP contribution in [0.4, 0.5) is 0 Å². The molecule has 2 aromatic rings. The zero-order chi connectivity index (χ0) is 16.7. The van der Waals surface area contributed by atoms with Crippen LogP contribution in [-0.4, -0.2) is 57.0 Å². The number of amides is 1. The van der Waals surface area contributed by atoms with Crippen molar-refractivity contribution in [3.63, 3.8) is 0 Å². The summed E-state index contributed by atoms with van der Waals surface area (Å²) in [6.45, 7) is 2.05. The molecule has 0 bridgehead atoms. The highest BCUT2D eigenvalue weighted by molar-refractivity contribution is 6.03. The van der Waals surface area contributed by atoms with E-state index >= 15 is 0 Å². The zero-order valence-electron chi connectivity index (χ0n) is 13.3. The number of para-hydroxylation sites is 1. The summed E-state index contributed by atoms with van der Waals surface area (Å²) in [6.07, 6.45) is 4.51. The van der Waals surface area contributed by atoms with Crippen molar-refractivity contribution in [1.82, 2.24) is 20.2 Å². The maximum absolute atomic E-state index is 12.4. The zero-order valence-corrected chi connectivity index (χ0v) is 13.3. The quantitative estimate of drug-likeness (QED) is 0.792. The molecular formula is C17H20N4O3. The van der Waals surface area contributed by atoms with Gasteiger partial charge in [0.1, 0.15) is 5.52 Å². The van der Waals surface area contributed by atoms with Gasteiger partial charge in [0.2, 0.25) is 0 Å². The summed E-state index contributed by atoms with van der Waals surface area (Å²) in [5, 5.41) is 12.2. The number of hydrogen-bond donors (Lipinski definition) is 3. The van der Waals surface area contributed by atoms with Crippen LogP contribution < -0.4 is 5.32 Å². The van der Waals surface area contributed by atoms with Crippen LogP contribution in [0.1, 0.15) is 46.7 Å². The molecule has 126 valence electrons. The Bertz CT molecular complexity index is 788. The van der Waals surface area contributed by atoms with Crippen molar-refractivity contribution in [2.75, 3.05) is 13.1 Å². The lowest BCUT2D eigenvalue weighted by Crippen LogP contribution is -2.45. The van der Waals surface area contributed by atoms with Crippen LogP contribution in [0.5, 0.6) is 0 Å². The Morgan fingerprint density at radius 1 is 1.21 bits per heavy atom. The number of H-pyrrole nitrogens is 1. The Hall–Kier alpha value is -2.41. The summed E-state index contributed by atoms with van der Waals surface area (Å²) >= 11 is 0. The fourth-order valence-corrected chi connectivity index (χ4v) is 3.41. The van der Waals surface area contributed by atoms with Crippen LogP contribution >= 0.6 is 0 Å². The number of carboxylic acids is 1. The largest absolute Gasteiger partial charge is 0.478 e. The van der Waals surface area contributed by atoms with E-state index in [1.54, 1.807) is 12.1 Å². The van der Waals surface area contributed by atoms with Crippen LogP contribution in [0.15, 0.2) is 18.2 Å². The number of carboxylic acid groups (broad SMARTS) is 1. The van der Waals surface area contributed by atoms with Crippen molar-refractivity contribution < 1.29 is 14.7 Å². The molecule has 1 saturated carbocycles. The molecule has 1 amide bonds. The third-order valence-corrected chi connectivity index (χ3v) is 4.89. The molecule has 0 unspecified atom stereocenters. The molecule has 1 aliphatic heterocycles. The molecule has 1 aromatic heterocycles. The first-order valence-corrected chi connectivity index (χ1v) is 8.39. The van der Waals surface area contributed by atoms with Gasteiger partial charge in [-0.25, -0.2) is 9.78 Å². The molecule has 7 nitrogen and oxygen atoms in total. The van der Waals surface area contributed by atoms with Gasteiger partial charge in [-0.2, -0.15) is 0 Å². The van der Waals surface area contributed by atoms with Crippen molar-refractivity contribution in [3.8, 4) is 0 Å². The molecule has 0 spiro atoms. The Labute approximate surface area is 139 Å². The van der Waals surface area contributed by atoms with E-state index < -0.39 is 5.97 Å². The minimum atomic E-state index is -1.05. The van der Waals surface area contributed by atoms with Crippen molar-refractivity contribution >= 4 is 22.9 Å². The van der Waals surface area contributed by atoms with Crippen LogP contribution in [0.3, 0.4) is 0 Å². The third-order valence-electron chi connectivity index (χ3n) is 4.89. The van der Waals surface area contributed by atoms with E-state index in [-0.39, 0.29) is 23.3 Å². The predicted octanol–water partition coefficient (Wildman–Crippen LogP) is 1.62. The standard InChI is InChI=1S/C17H20N4O3/c22-16(18-10-6-8-21(9-7-10)11-4-5-11)15-19-13-3-1-2-12(17(23)24)14(13)20-15/h1-3,10-11H,4-9H2,(H,18,22)(H,19,20)(H,23,24). The van der Waals surface area contributed by atoms with Crippen molar-refractivity contribution in [2.24, 2.45) is 0 Å². The summed E-state index contributed by atoms with van der Waals surface area (Å²) in [4.78, 5) is 33.3. The number of hydrogen-bond acceptors (Lipinski definition) is 4. The molecule has 3 N–H and O–H groups in total. The average molecular weight is 328 g/mol. The second-order valence-corrected chi connectivity index (χ2v) is 6.61. The fourth-order valence-electron chi connectivity index (χ4n) is 3.41. The first kappa shape index (κ1) is 15.1. The third kappa shape index (κ3) is 2.87. The lowest BCUT2D eigenvalue weighted by atomic mass is 10.0. The molecule has 4 rings (SSSR count). The van der Waals surface area contributed by atoms with Gasteiger partial charge in [-0.05, 0) is 37.8 Å². The van der Waals surface area contributed by atoms with E-state index in [1.165, 1.54) is 18.9 Å². The number of nitrogens with one attached hydrogen (secondary N) is 2. The number of likely N-dealkylation sites (tertiary alicyclic amines) is 1. The van der Waals surface area contributed by atoms with E-state index in [2.05, 4.69) is 20.2 Å². The van der Waals surface area contributed by atoms with Crippen LogP contribution in [0, 0.1) is 0 Å². The second-order valence-electron chi connectivity index (χ2n) is 6.61. The van der Waals surface area contributed by atoms with E-state index in [1.807, 2.05) is 0 Å². The topological polar surface area (TPSA) is 98.3 Å². The lowest BCUT2D eigenvalue weighted by molar-refractivity contribution is 0.0698. The summed E-state index contributed by atoms with van der Waals surface area (Å²) < 4.78 is 0. The van der Waals surface area contributed by atoms with Crippen molar-refractivity contribution in [3.05, 3.63) is 29.6 Å². The maximum Gasteiger partial charge on any atom is 0.337 e. The second kappa shape index (κ2) is 5.90. The monoisotopic (exact) mass is 328 g/mol. The van der Waals surface area contributed by atoms with Crippen LogP contribution in [-0.2, 0) is 0 Å². The Morgan fingerprint density at radius 3 is 2.62 bits per heavy atom. The highest BCUT2D eigenvalue weighted by Crippen LogP contribution is 2.29. The number of aromatic amines is 1. The van der Waals surface area contributed by atoms with E-state index in [4.69, 9.17) is 0 Å². The molecule has 1 aliphatic carbocycles. The molecule has 2 aliphatic rings. The number of aromatic nitrogens is 2. The summed E-state index contributed by atoms with van der Waals surface area (Å²) in [6, 6.07) is 5.77. The smallest absolute Gasteiger partial charge is 0.337 e. The summed E-state index contributed by atoms with van der Waals surface area (Å²) in [7, 11) is 0. The highest BCUT2D eigenvalue weighted by Gasteiger charge is 2.32. The lowest BCUT2D eigenvalue weighted by Gasteiger charge is -2.32. The minimum Gasteiger partial charge on any atom is -0.478 e. The van der Waals surface area contributed by atoms with Crippen LogP contribution in [0.25, 0.3) is 11.0 Å². The highest BCUT2D eigenvalue weighted by atomic mass is 16.4. The normalized spacial score (nSPS) is 19.5. The minimum absolute atomic E-state index is 0.0977. The van der Waals surface area contributed by atoms with Gasteiger partial charge in [0.05, 0.1) is 11.1 Å².